The average molecular weight is 559 g/mol. The lowest BCUT2D eigenvalue weighted by Gasteiger charge is -2.23. The second-order valence-electron chi connectivity index (χ2n) is 8.69. The number of hydrogen-bond acceptors (Lipinski definition) is 9. The third kappa shape index (κ3) is 8.94. The zero-order valence-corrected chi connectivity index (χ0v) is 22.6. The van der Waals surface area contributed by atoms with E-state index in [0.717, 1.165) is 42.5 Å². The summed E-state index contributed by atoms with van der Waals surface area (Å²) in [6.45, 7) is 1.17. The van der Waals surface area contributed by atoms with Crippen molar-refractivity contribution in [2.45, 2.75) is 43.8 Å². The number of anilines is 2. The Morgan fingerprint density at radius 1 is 1.08 bits per heavy atom. The first-order valence-corrected chi connectivity index (χ1v) is 13.1. The number of aldehydes is 1. The number of carbonyl (C=O) groups is 1. The molecule has 1 aromatic carbocycles. The van der Waals surface area contributed by atoms with Gasteiger partial charge in [0.1, 0.15) is 30.4 Å². The molecule has 0 saturated carbocycles. The van der Waals surface area contributed by atoms with Crippen molar-refractivity contribution in [3.63, 3.8) is 0 Å². The molecule has 0 bridgehead atoms. The van der Waals surface area contributed by atoms with Crippen LogP contribution in [0.2, 0.25) is 0 Å². The van der Waals surface area contributed by atoms with Gasteiger partial charge < -0.3 is 34.7 Å². The van der Waals surface area contributed by atoms with Crippen LogP contribution in [0.4, 0.5) is 11.5 Å². The second kappa shape index (κ2) is 15.9. The number of ether oxygens (including phenoxy) is 1. The maximum absolute atomic E-state index is 11.9. The normalized spacial score (nSPS) is 20.7. The molecule has 4 unspecified atom stereocenters. The zero-order chi connectivity index (χ0) is 27.4. The number of aromatic nitrogens is 2. The van der Waals surface area contributed by atoms with Crippen molar-refractivity contribution in [3.05, 3.63) is 52.6 Å². The SMILES string of the molecule is CN(C)c1ccn(C2OC(CO)C(O)C2O)c(=O)n1.O=CCCCc1ccc(N(CCCl)CCCl)cc1. The summed E-state index contributed by atoms with van der Waals surface area (Å²) in [4.78, 5) is 29.8. The summed E-state index contributed by atoms with van der Waals surface area (Å²) >= 11 is 11.6. The molecule has 206 valence electrons. The van der Waals surface area contributed by atoms with E-state index in [-0.39, 0.29) is 0 Å². The minimum atomic E-state index is -1.29. The molecular formula is C25H36Cl2N4O6. The molecule has 2 heterocycles. The lowest BCUT2D eigenvalue weighted by Crippen LogP contribution is -2.36. The highest BCUT2D eigenvalue weighted by atomic mass is 35.5. The highest BCUT2D eigenvalue weighted by molar-refractivity contribution is 6.18. The summed E-state index contributed by atoms with van der Waals surface area (Å²) in [6, 6.07) is 9.99. The highest BCUT2D eigenvalue weighted by Crippen LogP contribution is 2.28. The van der Waals surface area contributed by atoms with E-state index in [2.05, 4.69) is 34.1 Å². The molecule has 4 atom stereocenters. The largest absolute Gasteiger partial charge is 0.394 e. The summed E-state index contributed by atoms with van der Waals surface area (Å²) in [7, 11) is 3.50. The van der Waals surface area contributed by atoms with Crippen LogP contribution in [0.3, 0.4) is 0 Å². The highest BCUT2D eigenvalue weighted by Gasteiger charge is 2.43. The molecule has 3 N–H and O–H groups in total. The molecule has 0 aliphatic carbocycles. The van der Waals surface area contributed by atoms with E-state index in [1.54, 1.807) is 25.1 Å². The van der Waals surface area contributed by atoms with Crippen molar-refractivity contribution in [2.75, 3.05) is 55.4 Å². The second-order valence-corrected chi connectivity index (χ2v) is 9.45. The topological polar surface area (TPSA) is 128 Å². The Hall–Kier alpha value is -2.21. The third-order valence-electron chi connectivity index (χ3n) is 5.86. The first kappa shape index (κ1) is 31.0. The number of benzene rings is 1. The van der Waals surface area contributed by atoms with Crippen LogP contribution in [0.15, 0.2) is 41.3 Å². The molecule has 1 aliphatic rings. The van der Waals surface area contributed by atoms with Gasteiger partial charge in [0, 0.05) is 57.2 Å². The maximum atomic E-state index is 11.9. The lowest BCUT2D eigenvalue weighted by molar-refractivity contribution is -0.107. The summed E-state index contributed by atoms with van der Waals surface area (Å²) in [6.07, 6.45) is 0.398. The molecule has 3 rings (SSSR count). The lowest BCUT2D eigenvalue weighted by atomic mass is 10.1. The van der Waals surface area contributed by atoms with E-state index >= 15 is 0 Å². The predicted molar refractivity (Wildman–Crippen MR) is 145 cm³/mol. The van der Waals surface area contributed by atoms with Crippen LogP contribution in [-0.2, 0) is 16.0 Å². The van der Waals surface area contributed by atoms with Crippen molar-refractivity contribution in [1.82, 2.24) is 9.55 Å². The van der Waals surface area contributed by atoms with E-state index in [9.17, 15) is 19.8 Å². The first-order chi connectivity index (χ1) is 17.8. The van der Waals surface area contributed by atoms with E-state index in [1.165, 1.54) is 11.8 Å². The Morgan fingerprint density at radius 3 is 2.22 bits per heavy atom. The first-order valence-electron chi connectivity index (χ1n) is 12.1. The Labute approximate surface area is 227 Å². The summed E-state index contributed by atoms with van der Waals surface area (Å²) < 4.78 is 6.36. The zero-order valence-electron chi connectivity index (χ0n) is 21.1. The van der Waals surface area contributed by atoms with Gasteiger partial charge in [-0.15, -0.1) is 23.2 Å². The molecule has 12 heteroatoms. The molecule has 0 amide bonds. The van der Waals surface area contributed by atoms with Crippen molar-refractivity contribution < 1.29 is 24.9 Å². The van der Waals surface area contributed by atoms with Crippen molar-refractivity contribution in [3.8, 4) is 0 Å². The van der Waals surface area contributed by atoms with Gasteiger partial charge in [-0.3, -0.25) is 4.57 Å². The number of aliphatic hydroxyl groups is 3. The molecule has 1 aliphatic heterocycles. The van der Waals surface area contributed by atoms with Crippen LogP contribution in [0, 0.1) is 0 Å². The Bertz CT molecular complexity index is 1000. The monoisotopic (exact) mass is 558 g/mol. The molecule has 0 spiro atoms. The molecule has 10 nitrogen and oxygen atoms in total. The van der Waals surface area contributed by atoms with Gasteiger partial charge in [0.15, 0.2) is 6.23 Å². The number of alkyl halides is 2. The predicted octanol–water partition coefficient (Wildman–Crippen LogP) is 1.41. The van der Waals surface area contributed by atoms with Gasteiger partial charge in [-0.05, 0) is 36.6 Å². The van der Waals surface area contributed by atoms with Crippen LogP contribution in [0.25, 0.3) is 0 Å². The summed E-state index contributed by atoms with van der Waals surface area (Å²) in [5.41, 5.74) is 1.81. The van der Waals surface area contributed by atoms with E-state index < -0.39 is 36.8 Å². The smallest absolute Gasteiger partial charge is 0.351 e. The van der Waals surface area contributed by atoms with Gasteiger partial charge in [-0.2, -0.15) is 4.98 Å². The Balaban J connectivity index is 0.000000261. The molecule has 1 aromatic heterocycles. The number of aliphatic hydroxyl groups excluding tert-OH is 3. The number of aryl methyl sites for hydroxylation is 1. The minimum Gasteiger partial charge on any atom is -0.394 e. The van der Waals surface area contributed by atoms with Crippen LogP contribution in [-0.4, -0.2) is 95.0 Å². The Morgan fingerprint density at radius 2 is 1.73 bits per heavy atom. The molecular weight excluding hydrogens is 523 g/mol. The van der Waals surface area contributed by atoms with Gasteiger partial charge in [0.25, 0.3) is 0 Å². The fraction of sp³-hybridized carbons (Fsp3) is 0.560. The van der Waals surface area contributed by atoms with Crippen molar-refractivity contribution in [1.29, 1.82) is 0 Å². The van der Waals surface area contributed by atoms with Gasteiger partial charge in [0.05, 0.1) is 6.61 Å². The molecule has 37 heavy (non-hydrogen) atoms. The van der Waals surface area contributed by atoms with Crippen molar-refractivity contribution >= 4 is 41.0 Å². The third-order valence-corrected chi connectivity index (χ3v) is 6.20. The van der Waals surface area contributed by atoms with E-state index in [1.807, 2.05) is 0 Å². The number of unbranched alkanes of at least 4 members (excludes halogenated alkanes) is 1. The molecule has 1 saturated heterocycles. The van der Waals surface area contributed by atoms with E-state index in [4.69, 9.17) is 33.0 Å². The quantitative estimate of drug-likeness (QED) is 0.201. The molecule has 2 aromatic rings. The molecule has 0 radical (unpaired) electrons. The van der Waals surface area contributed by atoms with Gasteiger partial charge in [-0.1, -0.05) is 12.1 Å². The number of carbonyl (C=O) groups excluding carboxylic acids is 1. The van der Waals surface area contributed by atoms with Crippen LogP contribution in [0.5, 0.6) is 0 Å². The standard InChI is InChI=1S/C14H19Cl2NO.C11H17N3O5/c15-8-10-17(11-9-16)14-6-4-13(5-7-14)3-1-2-12-18;1-13(2)7-3-4-14(11(18)12-7)10-9(17)8(16)6(5-15)19-10/h4-7,12H,1-3,8-11H2;3-4,6,8-10,15-17H,5H2,1-2H3. The van der Waals surface area contributed by atoms with Gasteiger partial charge in [0.2, 0.25) is 0 Å². The average Bonchev–Trinajstić information content (AvgIpc) is 3.18. The van der Waals surface area contributed by atoms with Crippen LogP contribution < -0.4 is 15.5 Å². The van der Waals surface area contributed by atoms with Gasteiger partial charge >= 0.3 is 5.69 Å². The van der Waals surface area contributed by atoms with E-state index in [0.29, 0.717) is 24.0 Å². The van der Waals surface area contributed by atoms with Gasteiger partial charge in [-0.25, -0.2) is 4.79 Å². The number of rotatable bonds is 12. The number of hydrogen-bond donors (Lipinski definition) is 3. The molecule has 1 fully saturated rings. The summed E-state index contributed by atoms with van der Waals surface area (Å²) in [5.74, 6) is 1.67. The van der Waals surface area contributed by atoms with Crippen molar-refractivity contribution in [2.24, 2.45) is 0 Å². The fourth-order valence-corrected chi connectivity index (χ4v) is 4.20. The maximum Gasteiger partial charge on any atom is 0.351 e. The minimum absolute atomic E-state index is 0.438. The number of nitrogens with zero attached hydrogens (tertiary/aromatic N) is 4. The fourth-order valence-electron chi connectivity index (χ4n) is 3.79. The van der Waals surface area contributed by atoms with Crippen LogP contribution >= 0.6 is 23.2 Å². The van der Waals surface area contributed by atoms with Crippen LogP contribution in [0.1, 0.15) is 24.6 Å². The number of halogens is 2. The summed E-state index contributed by atoms with van der Waals surface area (Å²) in [5, 5.41) is 28.5. The Kier molecular flexibility index (Phi) is 13.3.